The number of carbonyl (C=O) groups excluding carboxylic acids is 1. The van der Waals surface area contributed by atoms with Gasteiger partial charge in [-0.05, 0) is 48.4 Å². The molecule has 112 valence electrons. The first kappa shape index (κ1) is 15.4. The normalized spacial score (nSPS) is 10.6. The fourth-order valence-electron chi connectivity index (χ4n) is 1.79. The minimum Gasteiger partial charge on any atom is -0.320 e. The molecule has 0 aliphatic heterocycles. The van der Waals surface area contributed by atoms with Crippen LogP contribution in [0.1, 0.15) is 11.1 Å². The first-order chi connectivity index (χ1) is 10.5. The lowest BCUT2D eigenvalue weighted by Gasteiger charge is -2.04. The third kappa shape index (κ3) is 3.99. The van der Waals surface area contributed by atoms with Gasteiger partial charge >= 0.3 is 0 Å². The van der Waals surface area contributed by atoms with E-state index in [9.17, 15) is 19.3 Å². The summed E-state index contributed by atoms with van der Waals surface area (Å²) in [6.07, 6.45) is 2.73. The van der Waals surface area contributed by atoms with Crippen molar-refractivity contribution in [1.29, 1.82) is 0 Å². The molecular weight excluding hydrogens is 287 g/mol. The molecule has 0 radical (unpaired) electrons. The molecule has 0 unspecified atom stereocenters. The Morgan fingerprint density at radius 1 is 1.23 bits per heavy atom. The van der Waals surface area contributed by atoms with Crippen molar-refractivity contribution in [3.63, 3.8) is 0 Å². The summed E-state index contributed by atoms with van der Waals surface area (Å²) in [6.45, 7) is 1.79. The molecule has 1 N–H and O–H groups in total. The molecule has 5 nitrogen and oxygen atoms in total. The van der Waals surface area contributed by atoms with Crippen LogP contribution in [0.25, 0.3) is 6.08 Å². The Labute approximate surface area is 126 Å². The summed E-state index contributed by atoms with van der Waals surface area (Å²) in [5, 5.41) is 13.0. The first-order valence-corrected chi connectivity index (χ1v) is 6.45. The van der Waals surface area contributed by atoms with Gasteiger partial charge in [-0.25, -0.2) is 4.39 Å². The lowest BCUT2D eigenvalue weighted by molar-refractivity contribution is -0.384. The van der Waals surface area contributed by atoms with Gasteiger partial charge in [-0.3, -0.25) is 14.9 Å². The summed E-state index contributed by atoms with van der Waals surface area (Å²) in [7, 11) is 0. The lowest BCUT2D eigenvalue weighted by atomic mass is 10.2. The van der Waals surface area contributed by atoms with E-state index in [1.54, 1.807) is 13.0 Å². The maximum atomic E-state index is 13.5. The van der Waals surface area contributed by atoms with E-state index in [1.165, 1.54) is 48.6 Å². The second kappa shape index (κ2) is 6.62. The van der Waals surface area contributed by atoms with Crippen LogP contribution in [-0.2, 0) is 4.79 Å². The maximum absolute atomic E-state index is 13.5. The monoisotopic (exact) mass is 300 g/mol. The van der Waals surface area contributed by atoms with E-state index < -0.39 is 16.6 Å². The summed E-state index contributed by atoms with van der Waals surface area (Å²) in [4.78, 5) is 21.8. The van der Waals surface area contributed by atoms with E-state index in [0.29, 0.717) is 5.56 Å². The highest BCUT2D eigenvalue weighted by atomic mass is 19.1. The van der Waals surface area contributed by atoms with Crippen molar-refractivity contribution in [3.8, 4) is 0 Å². The number of halogens is 1. The zero-order valence-corrected chi connectivity index (χ0v) is 11.7. The quantitative estimate of drug-likeness (QED) is 0.531. The summed E-state index contributed by atoms with van der Waals surface area (Å²) in [6, 6.07) is 10.2. The third-order valence-corrected chi connectivity index (χ3v) is 2.91. The van der Waals surface area contributed by atoms with Crippen LogP contribution in [0.5, 0.6) is 0 Å². The van der Waals surface area contributed by atoms with Gasteiger partial charge in [0.15, 0.2) is 0 Å². The van der Waals surface area contributed by atoms with E-state index in [4.69, 9.17) is 0 Å². The Kier molecular flexibility index (Phi) is 4.63. The van der Waals surface area contributed by atoms with Gasteiger partial charge in [-0.2, -0.15) is 0 Å². The molecule has 0 aromatic heterocycles. The highest BCUT2D eigenvalue weighted by Crippen LogP contribution is 2.16. The number of carbonyl (C=O) groups is 1. The summed E-state index contributed by atoms with van der Waals surface area (Å²) >= 11 is 0. The van der Waals surface area contributed by atoms with Crippen LogP contribution in [-0.4, -0.2) is 10.8 Å². The number of anilines is 1. The van der Waals surface area contributed by atoms with E-state index in [1.807, 2.05) is 0 Å². The van der Waals surface area contributed by atoms with Crippen molar-refractivity contribution in [1.82, 2.24) is 0 Å². The van der Waals surface area contributed by atoms with Gasteiger partial charge in [0.25, 0.3) is 5.69 Å². The van der Waals surface area contributed by atoms with Crippen LogP contribution in [0, 0.1) is 22.9 Å². The Hall–Kier alpha value is -3.02. The molecule has 1 amide bonds. The van der Waals surface area contributed by atoms with Gasteiger partial charge in [0.2, 0.25) is 5.91 Å². The highest BCUT2D eigenvalue weighted by molar-refractivity contribution is 6.02. The number of nitro groups is 1. The van der Waals surface area contributed by atoms with Gasteiger partial charge in [0.05, 0.1) is 10.6 Å². The van der Waals surface area contributed by atoms with Gasteiger partial charge in [0.1, 0.15) is 5.82 Å². The van der Waals surface area contributed by atoms with Crippen molar-refractivity contribution in [2.24, 2.45) is 0 Å². The summed E-state index contributed by atoms with van der Waals surface area (Å²) in [5.41, 5.74) is 1.54. The molecule has 0 saturated carbocycles. The number of hydrogen-bond donors (Lipinski definition) is 1. The van der Waals surface area contributed by atoms with Crippen LogP contribution in [0.2, 0.25) is 0 Å². The van der Waals surface area contributed by atoms with Crippen molar-refractivity contribution in [3.05, 3.63) is 75.6 Å². The number of hydrogen-bond acceptors (Lipinski definition) is 3. The zero-order chi connectivity index (χ0) is 16.1. The number of amides is 1. The van der Waals surface area contributed by atoms with Crippen LogP contribution in [0.15, 0.2) is 48.5 Å². The second-order valence-corrected chi connectivity index (χ2v) is 4.65. The molecule has 2 aromatic rings. The second-order valence-electron chi connectivity index (χ2n) is 4.65. The van der Waals surface area contributed by atoms with Crippen molar-refractivity contribution >= 4 is 23.4 Å². The molecule has 6 heteroatoms. The molecule has 2 aromatic carbocycles. The molecular formula is C16H13FN2O3. The average molecular weight is 300 g/mol. The standard InChI is InChI=1S/C16H13FN2O3/c1-11-2-8-14(17)15(10-11)18-16(20)9-5-12-3-6-13(7-4-12)19(21)22/h2-10H,1H3,(H,18,20)/b9-5+. The Morgan fingerprint density at radius 3 is 2.55 bits per heavy atom. The van der Waals surface area contributed by atoms with Gasteiger partial charge < -0.3 is 5.32 Å². The average Bonchev–Trinajstić information content (AvgIpc) is 2.49. The number of rotatable bonds is 4. The molecule has 0 saturated heterocycles. The lowest BCUT2D eigenvalue weighted by Crippen LogP contribution is -2.09. The predicted molar refractivity (Wildman–Crippen MR) is 81.9 cm³/mol. The smallest absolute Gasteiger partial charge is 0.269 e. The maximum Gasteiger partial charge on any atom is 0.269 e. The van der Waals surface area contributed by atoms with E-state index >= 15 is 0 Å². The molecule has 0 fully saturated rings. The van der Waals surface area contributed by atoms with E-state index in [-0.39, 0.29) is 11.4 Å². The van der Waals surface area contributed by atoms with Crippen LogP contribution in [0.4, 0.5) is 15.8 Å². The van der Waals surface area contributed by atoms with Crippen LogP contribution in [0.3, 0.4) is 0 Å². The fourth-order valence-corrected chi connectivity index (χ4v) is 1.79. The van der Waals surface area contributed by atoms with Gasteiger partial charge in [0, 0.05) is 18.2 Å². The number of nitrogens with one attached hydrogen (secondary N) is 1. The third-order valence-electron chi connectivity index (χ3n) is 2.91. The molecule has 2 rings (SSSR count). The molecule has 0 atom stereocenters. The minimum atomic E-state index is -0.511. The van der Waals surface area contributed by atoms with Gasteiger partial charge in [-0.1, -0.05) is 6.07 Å². The molecule has 22 heavy (non-hydrogen) atoms. The molecule has 0 bridgehead atoms. The van der Waals surface area contributed by atoms with Gasteiger partial charge in [-0.15, -0.1) is 0 Å². The number of nitrogens with zero attached hydrogens (tertiary/aromatic N) is 1. The van der Waals surface area contributed by atoms with Crippen molar-refractivity contribution in [2.45, 2.75) is 6.92 Å². The Morgan fingerprint density at radius 2 is 1.91 bits per heavy atom. The minimum absolute atomic E-state index is 0.0246. The van der Waals surface area contributed by atoms with Crippen LogP contribution < -0.4 is 5.32 Å². The Bertz CT molecular complexity index is 740. The molecule has 0 spiro atoms. The Balaban J connectivity index is 2.05. The molecule has 0 aliphatic rings. The van der Waals surface area contributed by atoms with Crippen molar-refractivity contribution in [2.75, 3.05) is 5.32 Å². The fraction of sp³-hybridized carbons (Fsp3) is 0.0625. The topological polar surface area (TPSA) is 72.2 Å². The molecule has 0 aliphatic carbocycles. The number of nitro benzene ring substituents is 1. The van der Waals surface area contributed by atoms with Crippen molar-refractivity contribution < 1.29 is 14.1 Å². The number of benzene rings is 2. The summed E-state index contributed by atoms with van der Waals surface area (Å²) < 4.78 is 13.5. The predicted octanol–water partition coefficient (Wildman–Crippen LogP) is 3.69. The van der Waals surface area contributed by atoms with E-state index in [0.717, 1.165) is 5.56 Å². The molecule has 0 heterocycles. The SMILES string of the molecule is Cc1ccc(F)c(NC(=O)/C=C/c2ccc([N+](=O)[O-])cc2)c1. The summed E-state index contributed by atoms with van der Waals surface area (Å²) in [5.74, 6) is -0.995. The number of non-ortho nitro benzene ring substituents is 1. The highest BCUT2D eigenvalue weighted by Gasteiger charge is 2.05. The first-order valence-electron chi connectivity index (χ1n) is 6.45. The largest absolute Gasteiger partial charge is 0.320 e. The number of aryl methyl sites for hydroxylation is 1. The zero-order valence-electron chi connectivity index (χ0n) is 11.7. The van der Waals surface area contributed by atoms with E-state index in [2.05, 4.69) is 5.32 Å². The van der Waals surface area contributed by atoms with Crippen LogP contribution >= 0.6 is 0 Å².